The van der Waals surface area contributed by atoms with Gasteiger partial charge in [-0.25, -0.2) is 0 Å². The molecule has 2 atom stereocenters. The highest BCUT2D eigenvalue weighted by molar-refractivity contribution is 9.10. The molecule has 0 heterocycles. The maximum Gasteiger partial charge on any atom is 0.261 e. The largest absolute Gasteiger partial charge is 0.479 e. The summed E-state index contributed by atoms with van der Waals surface area (Å²) in [5.74, 6) is 0.688. The lowest BCUT2D eigenvalue weighted by Crippen LogP contribution is -2.45. The van der Waals surface area contributed by atoms with Crippen LogP contribution >= 0.6 is 15.9 Å². The van der Waals surface area contributed by atoms with E-state index in [0.29, 0.717) is 12.3 Å². The van der Waals surface area contributed by atoms with Crippen LogP contribution in [-0.2, 0) is 4.79 Å². The van der Waals surface area contributed by atoms with Gasteiger partial charge in [0.05, 0.1) is 4.47 Å². The lowest BCUT2D eigenvalue weighted by atomic mass is 10.1. The summed E-state index contributed by atoms with van der Waals surface area (Å²) in [4.78, 5) is 12.2. The van der Waals surface area contributed by atoms with Gasteiger partial charge in [0.2, 0.25) is 0 Å². The monoisotopic (exact) mass is 342 g/mol. The zero-order chi connectivity index (χ0) is 15.1. The van der Waals surface area contributed by atoms with E-state index >= 15 is 0 Å². The predicted octanol–water partition coefficient (Wildman–Crippen LogP) is 2.58. The number of rotatable bonds is 7. The summed E-state index contributed by atoms with van der Waals surface area (Å²) < 4.78 is 6.70. The van der Waals surface area contributed by atoms with E-state index in [-0.39, 0.29) is 17.9 Å². The number of hydrogen-bond acceptors (Lipinski definition) is 3. The third-order valence-corrected chi connectivity index (χ3v) is 3.68. The number of carbonyl (C=O) groups excluding carboxylic acids is 1. The topological polar surface area (TPSA) is 50.4 Å². The van der Waals surface area contributed by atoms with Crippen LogP contribution in [-0.4, -0.2) is 31.6 Å². The molecular weight excluding hydrogens is 320 g/mol. The van der Waals surface area contributed by atoms with Crippen LogP contribution in [0.4, 0.5) is 0 Å². The van der Waals surface area contributed by atoms with E-state index in [9.17, 15) is 4.79 Å². The van der Waals surface area contributed by atoms with Gasteiger partial charge in [0.1, 0.15) is 5.75 Å². The van der Waals surface area contributed by atoms with Crippen LogP contribution in [0.3, 0.4) is 0 Å². The summed E-state index contributed by atoms with van der Waals surface area (Å²) in [6.45, 7) is 6.54. The summed E-state index contributed by atoms with van der Waals surface area (Å²) in [6.07, 6.45) is -0.502. The summed E-state index contributed by atoms with van der Waals surface area (Å²) in [6, 6.07) is 7.78. The molecular formula is C15H23BrN2O2. The number of carbonyl (C=O) groups is 1. The van der Waals surface area contributed by atoms with E-state index in [2.05, 4.69) is 26.6 Å². The first-order valence-electron chi connectivity index (χ1n) is 6.81. The molecule has 1 aromatic carbocycles. The number of ether oxygens (including phenoxy) is 1. The molecule has 0 aliphatic carbocycles. The lowest BCUT2D eigenvalue weighted by molar-refractivity contribution is -0.129. The molecule has 1 rings (SSSR count). The molecule has 0 radical (unpaired) electrons. The number of amides is 1. The SMILES string of the molecule is CNC(C)CNC(=O)C(Oc1ccccc1Br)C(C)C. The van der Waals surface area contributed by atoms with Crippen molar-refractivity contribution in [2.75, 3.05) is 13.6 Å². The zero-order valence-electron chi connectivity index (χ0n) is 12.4. The smallest absolute Gasteiger partial charge is 0.261 e. The Labute approximate surface area is 129 Å². The van der Waals surface area contributed by atoms with Crippen LogP contribution in [0.15, 0.2) is 28.7 Å². The van der Waals surface area contributed by atoms with Gasteiger partial charge in [-0.05, 0) is 48.0 Å². The van der Waals surface area contributed by atoms with Gasteiger partial charge in [0, 0.05) is 12.6 Å². The van der Waals surface area contributed by atoms with E-state index in [4.69, 9.17) is 4.74 Å². The fourth-order valence-corrected chi connectivity index (χ4v) is 2.00. The Morgan fingerprint density at radius 2 is 1.95 bits per heavy atom. The Balaban J connectivity index is 2.69. The highest BCUT2D eigenvalue weighted by atomic mass is 79.9. The molecule has 0 bridgehead atoms. The second-order valence-electron chi connectivity index (χ2n) is 5.15. The van der Waals surface area contributed by atoms with Crippen molar-refractivity contribution in [2.45, 2.75) is 32.9 Å². The van der Waals surface area contributed by atoms with Crippen molar-refractivity contribution in [3.63, 3.8) is 0 Å². The fourth-order valence-electron chi connectivity index (χ4n) is 1.63. The fraction of sp³-hybridized carbons (Fsp3) is 0.533. The Bertz CT molecular complexity index is 438. The third-order valence-electron chi connectivity index (χ3n) is 3.03. The summed E-state index contributed by atoms with van der Waals surface area (Å²) in [7, 11) is 1.87. The molecule has 0 aliphatic heterocycles. The molecule has 2 N–H and O–H groups in total. The Morgan fingerprint density at radius 3 is 2.50 bits per heavy atom. The maximum absolute atomic E-state index is 12.2. The molecule has 0 saturated heterocycles. The molecule has 0 aliphatic rings. The van der Waals surface area contributed by atoms with Crippen molar-refractivity contribution >= 4 is 21.8 Å². The molecule has 5 heteroatoms. The van der Waals surface area contributed by atoms with Crippen molar-refractivity contribution in [3.8, 4) is 5.75 Å². The standard InChI is InChI=1S/C15H23BrN2O2/c1-10(2)14(15(19)18-9-11(3)17-4)20-13-8-6-5-7-12(13)16/h5-8,10-11,14,17H,9H2,1-4H3,(H,18,19). The van der Waals surface area contributed by atoms with E-state index in [1.54, 1.807) is 0 Å². The van der Waals surface area contributed by atoms with E-state index < -0.39 is 6.10 Å². The van der Waals surface area contributed by atoms with Crippen molar-refractivity contribution in [3.05, 3.63) is 28.7 Å². The van der Waals surface area contributed by atoms with Crippen LogP contribution in [0.5, 0.6) is 5.75 Å². The summed E-state index contributed by atoms with van der Waals surface area (Å²) in [5, 5.41) is 6.00. The summed E-state index contributed by atoms with van der Waals surface area (Å²) >= 11 is 3.43. The third kappa shape index (κ3) is 5.13. The number of hydrogen-bond donors (Lipinski definition) is 2. The quantitative estimate of drug-likeness (QED) is 0.800. The van der Waals surface area contributed by atoms with E-state index in [1.807, 2.05) is 52.1 Å². The Morgan fingerprint density at radius 1 is 1.30 bits per heavy atom. The number of benzene rings is 1. The van der Waals surface area contributed by atoms with Gasteiger partial charge < -0.3 is 15.4 Å². The number of likely N-dealkylation sites (N-methyl/N-ethyl adjacent to an activating group) is 1. The van der Waals surface area contributed by atoms with Gasteiger partial charge in [-0.15, -0.1) is 0 Å². The van der Waals surface area contributed by atoms with Crippen molar-refractivity contribution in [1.82, 2.24) is 10.6 Å². The average Bonchev–Trinajstić information content (AvgIpc) is 2.43. The van der Waals surface area contributed by atoms with Crippen LogP contribution in [0.1, 0.15) is 20.8 Å². The first-order valence-corrected chi connectivity index (χ1v) is 7.61. The van der Waals surface area contributed by atoms with Crippen LogP contribution in [0.25, 0.3) is 0 Å². The Kier molecular flexibility index (Phi) is 7.02. The molecule has 0 fully saturated rings. The molecule has 112 valence electrons. The maximum atomic E-state index is 12.2. The van der Waals surface area contributed by atoms with Crippen LogP contribution in [0.2, 0.25) is 0 Å². The lowest BCUT2D eigenvalue weighted by Gasteiger charge is -2.23. The molecule has 20 heavy (non-hydrogen) atoms. The molecule has 1 amide bonds. The minimum atomic E-state index is -0.502. The highest BCUT2D eigenvalue weighted by Gasteiger charge is 2.24. The van der Waals surface area contributed by atoms with E-state index in [0.717, 1.165) is 4.47 Å². The predicted molar refractivity (Wildman–Crippen MR) is 84.9 cm³/mol. The van der Waals surface area contributed by atoms with Gasteiger partial charge in [0.15, 0.2) is 6.10 Å². The molecule has 0 spiro atoms. The average molecular weight is 343 g/mol. The molecule has 4 nitrogen and oxygen atoms in total. The minimum Gasteiger partial charge on any atom is -0.479 e. The van der Waals surface area contributed by atoms with Crippen molar-refractivity contribution < 1.29 is 9.53 Å². The zero-order valence-corrected chi connectivity index (χ0v) is 14.0. The van der Waals surface area contributed by atoms with Crippen LogP contribution < -0.4 is 15.4 Å². The first-order chi connectivity index (χ1) is 9.45. The minimum absolute atomic E-state index is 0.0853. The molecule has 1 aromatic rings. The number of halogens is 1. The second-order valence-corrected chi connectivity index (χ2v) is 6.00. The normalized spacial score (nSPS) is 13.9. The molecule has 2 unspecified atom stereocenters. The van der Waals surface area contributed by atoms with Crippen LogP contribution in [0, 0.1) is 5.92 Å². The molecule has 0 aromatic heterocycles. The van der Waals surface area contributed by atoms with Gasteiger partial charge in [-0.3, -0.25) is 4.79 Å². The van der Waals surface area contributed by atoms with Crippen molar-refractivity contribution in [1.29, 1.82) is 0 Å². The van der Waals surface area contributed by atoms with E-state index in [1.165, 1.54) is 0 Å². The Hall–Kier alpha value is -1.07. The number of para-hydroxylation sites is 1. The van der Waals surface area contributed by atoms with Gasteiger partial charge in [-0.2, -0.15) is 0 Å². The number of nitrogens with one attached hydrogen (secondary N) is 2. The van der Waals surface area contributed by atoms with Gasteiger partial charge in [-0.1, -0.05) is 26.0 Å². The summed E-state index contributed by atoms with van der Waals surface area (Å²) in [5.41, 5.74) is 0. The van der Waals surface area contributed by atoms with Gasteiger partial charge >= 0.3 is 0 Å². The second kappa shape index (κ2) is 8.27. The first kappa shape index (κ1) is 17.0. The van der Waals surface area contributed by atoms with Gasteiger partial charge in [0.25, 0.3) is 5.91 Å². The molecule has 0 saturated carbocycles. The highest BCUT2D eigenvalue weighted by Crippen LogP contribution is 2.26. The van der Waals surface area contributed by atoms with Crippen molar-refractivity contribution in [2.24, 2.45) is 5.92 Å².